The Balaban J connectivity index is 1.65. The van der Waals surface area contributed by atoms with E-state index in [1.54, 1.807) is 17.0 Å². The zero-order valence-electron chi connectivity index (χ0n) is 20.0. The quantitative estimate of drug-likeness (QED) is 0.535. The normalized spacial score (nSPS) is 22.1. The molecule has 2 aliphatic rings. The Morgan fingerprint density at radius 1 is 1.14 bits per heavy atom. The lowest BCUT2D eigenvalue weighted by Crippen LogP contribution is -2.42. The van der Waals surface area contributed by atoms with Gasteiger partial charge in [-0.3, -0.25) is 9.69 Å². The summed E-state index contributed by atoms with van der Waals surface area (Å²) in [5.41, 5.74) is 4.56. The third-order valence-corrected chi connectivity index (χ3v) is 7.54. The van der Waals surface area contributed by atoms with Gasteiger partial charge in [-0.25, -0.2) is 14.2 Å². The van der Waals surface area contributed by atoms with Crippen LogP contribution in [-0.4, -0.2) is 39.9 Å². The zero-order chi connectivity index (χ0) is 24.7. The van der Waals surface area contributed by atoms with Crippen LogP contribution >= 0.6 is 0 Å². The average Bonchev–Trinajstić information content (AvgIpc) is 3.23. The van der Waals surface area contributed by atoms with Crippen LogP contribution in [0.4, 0.5) is 14.9 Å². The predicted octanol–water partition coefficient (Wildman–Crippen LogP) is 5.49. The van der Waals surface area contributed by atoms with Crippen LogP contribution in [0.25, 0.3) is 11.0 Å². The van der Waals surface area contributed by atoms with E-state index in [-0.39, 0.29) is 29.9 Å². The van der Waals surface area contributed by atoms with Crippen LogP contribution in [0.3, 0.4) is 0 Å². The number of anilines is 1. The highest BCUT2D eigenvalue weighted by molar-refractivity contribution is 5.95. The summed E-state index contributed by atoms with van der Waals surface area (Å²) in [6, 6.07) is 10.4. The zero-order valence-corrected chi connectivity index (χ0v) is 20.0. The number of benzene rings is 2. The number of aliphatic carboxylic acids is 1. The van der Waals surface area contributed by atoms with Gasteiger partial charge in [-0.2, -0.15) is 0 Å². The SMILES string of the molecule is COC(=O)N1c2ccc3c(nc(Cc4ccc(F)cc4)n3[C@@H]3CCC[C@@H](C(=O)O)C3)c2CC[C@@H]1C. The minimum Gasteiger partial charge on any atom is -0.481 e. The van der Waals surface area contributed by atoms with Crippen LogP contribution in [0.15, 0.2) is 36.4 Å². The van der Waals surface area contributed by atoms with Crippen molar-refractivity contribution in [3.8, 4) is 0 Å². The molecule has 1 aromatic heterocycles. The van der Waals surface area contributed by atoms with Crippen molar-refractivity contribution >= 4 is 28.8 Å². The number of imidazole rings is 1. The van der Waals surface area contributed by atoms with Gasteiger partial charge in [-0.1, -0.05) is 18.6 Å². The molecule has 2 heterocycles. The van der Waals surface area contributed by atoms with E-state index < -0.39 is 5.97 Å². The number of aryl methyl sites for hydroxylation is 1. The van der Waals surface area contributed by atoms with E-state index in [1.165, 1.54) is 19.2 Å². The molecule has 1 amide bonds. The first-order chi connectivity index (χ1) is 16.9. The fraction of sp³-hybridized carbons (Fsp3) is 0.444. The summed E-state index contributed by atoms with van der Waals surface area (Å²) in [6.45, 7) is 2.01. The number of fused-ring (bicyclic) bond motifs is 3. The van der Waals surface area contributed by atoms with Gasteiger partial charge in [-0.15, -0.1) is 0 Å². The molecule has 2 aromatic carbocycles. The molecule has 3 aromatic rings. The van der Waals surface area contributed by atoms with Gasteiger partial charge in [0, 0.05) is 24.1 Å². The third-order valence-electron chi connectivity index (χ3n) is 7.54. The van der Waals surface area contributed by atoms with Gasteiger partial charge < -0.3 is 14.4 Å². The Morgan fingerprint density at radius 3 is 2.63 bits per heavy atom. The fourth-order valence-corrected chi connectivity index (χ4v) is 5.76. The average molecular weight is 480 g/mol. The number of halogens is 1. The van der Waals surface area contributed by atoms with Gasteiger partial charge in [0.25, 0.3) is 0 Å². The van der Waals surface area contributed by atoms with Crippen LogP contribution < -0.4 is 4.90 Å². The summed E-state index contributed by atoms with van der Waals surface area (Å²) >= 11 is 0. The molecule has 5 rings (SSSR count). The van der Waals surface area contributed by atoms with Gasteiger partial charge in [0.15, 0.2) is 0 Å². The van der Waals surface area contributed by atoms with E-state index in [0.29, 0.717) is 19.3 Å². The maximum atomic E-state index is 13.5. The topological polar surface area (TPSA) is 84.7 Å². The summed E-state index contributed by atoms with van der Waals surface area (Å²) in [5.74, 6) is -0.582. The molecular formula is C27H30FN3O4. The first-order valence-corrected chi connectivity index (χ1v) is 12.2. The van der Waals surface area contributed by atoms with Crippen LogP contribution in [0.2, 0.25) is 0 Å². The number of carbonyl (C=O) groups is 2. The molecule has 1 N–H and O–H groups in total. The molecule has 184 valence electrons. The lowest BCUT2D eigenvalue weighted by atomic mass is 9.85. The molecule has 1 fully saturated rings. The highest BCUT2D eigenvalue weighted by atomic mass is 19.1. The largest absolute Gasteiger partial charge is 0.481 e. The smallest absolute Gasteiger partial charge is 0.414 e. The number of hydrogen-bond donors (Lipinski definition) is 1. The molecule has 35 heavy (non-hydrogen) atoms. The van der Waals surface area contributed by atoms with Crippen molar-refractivity contribution in [2.45, 2.75) is 64.0 Å². The van der Waals surface area contributed by atoms with Crippen molar-refractivity contribution in [1.29, 1.82) is 0 Å². The van der Waals surface area contributed by atoms with E-state index in [1.807, 2.05) is 19.1 Å². The van der Waals surface area contributed by atoms with Crippen molar-refractivity contribution < 1.29 is 23.8 Å². The fourth-order valence-electron chi connectivity index (χ4n) is 5.76. The lowest BCUT2D eigenvalue weighted by Gasteiger charge is -2.34. The van der Waals surface area contributed by atoms with Crippen molar-refractivity contribution in [3.63, 3.8) is 0 Å². The maximum absolute atomic E-state index is 13.5. The number of carboxylic acid groups (broad SMARTS) is 1. The third kappa shape index (κ3) is 4.26. The van der Waals surface area contributed by atoms with Crippen molar-refractivity contribution in [1.82, 2.24) is 9.55 Å². The number of methoxy groups -OCH3 is 1. The molecule has 0 saturated heterocycles. The molecule has 0 bridgehead atoms. The molecule has 3 atom stereocenters. The van der Waals surface area contributed by atoms with Gasteiger partial charge in [0.1, 0.15) is 11.6 Å². The molecule has 8 heteroatoms. The summed E-state index contributed by atoms with van der Waals surface area (Å²) in [5, 5.41) is 9.68. The molecule has 1 aliphatic heterocycles. The number of nitrogens with zero attached hydrogens (tertiary/aromatic N) is 3. The molecule has 0 spiro atoms. The Hall–Kier alpha value is -3.42. The van der Waals surface area contributed by atoms with Crippen molar-refractivity contribution in [3.05, 3.63) is 59.2 Å². The van der Waals surface area contributed by atoms with Crippen molar-refractivity contribution in [2.75, 3.05) is 12.0 Å². The Bertz CT molecular complexity index is 1270. The van der Waals surface area contributed by atoms with Crippen LogP contribution in [0.5, 0.6) is 0 Å². The number of carbonyl (C=O) groups excluding carboxylic acids is 1. The van der Waals surface area contributed by atoms with Crippen LogP contribution in [0.1, 0.15) is 62.0 Å². The lowest BCUT2D eigenvalue weighted by molar-refractivity contribution is -0.143. The second-order valence-corrected chi connectivity index (χ2v) is 9.72. The standard InChI is InChI=1S/C27H30FN3O4/c1-16-6-11-21-22(30(16)27(34)35-2)12-13-23-25(21)29-24(14-17-7-9-19(28)10-8-17)31(23)20-5-3-4-18(15-20)26(32)33/h7-10,12-13,16,18,20H,3-6,11,14-15H2,1-2H3,(H,32,33)/t16-,18+,20+/m0/s1. The summed E-state index contributed by atoms with van der Waals surface area (Å²) in [7, 11) is 1.39. The molecule has 1 saturated carbocycles. The Kier molecular flexibility index (Phi) is 6.21. The number of hydrogen-bond acceptors (Lipinski definition) is 4. The second-order valence-electron chi connectivity index (χ2n) is 9.72. The first kappa shape index (κ1) is 23.3. The van der Waals surface area contributed by atoms with Crippen LogP contribution in [-0.2, 0) is 22.4 Å². The van der Waals surface area contributed by atoms with Crippen molar-refractivity contribution in [2.24, 2.45) is 5.92 Å². The minimum absolute atomic E-state index is 0.0163. The maximum Gasteiger partial charge on any atom is 0.414 e. The number of amides is 1. The van der Waals surface area contributed by atoms with Gasteiger partial charge in [-0.05, 0) is 68.9 Å². The Morgan fingerprint density at radius 2 is 1.91 bits per heavy atom. The van der Waals surface area contributed by atoms with Gasteiger partial charge in [0.05, 0.1) is 29.7 Å². The van der Waals surface area contributed by atoms with E-state index in [9.17, 15) is 19.1 Å². The molecular weight excluding hydrogens is 449 g/mol. The Labute approximate surface area is 203 Å². The van der Waals surface area contributed by atoms with E-state index in [4.69, 9.17) is 9.72 Å². The summed E-state index contributed by atoms with van der Waals surface area (Å²) in [4.78, 5) is 31.1. The first-order valence-electron chi connectivity index (χ1n) is 12.2. The number of ether oxygens (including phenoxy) is 1. The van der Waals surface area contributed by atoms with E-state index >= 15 is 0 Å². The molecule has 7 nitrogen and oxygen atoms in total. The molecule has 0 radical (unpaired) electrons. The summed E-state index contributed by atoms with van der Waals surface area (Å²) < 4.78 is 20.8. The van der Waals surface area contributed by atoms with Gasteiger partial charge in [0.2, 0.25) is 0 Å². The number of rotatable bonds is 4. The monoisotopic (exact) mass is 479 g/mol. The number of carboxylic acids is 1. The highest BCUT2D eigenvalue weighted by Gasteiger charge is 2.34. The predicted molar refractivity (Wildman–Crippen MR) is 130 cm³/mol. The second kappa shape index (κ2) is 9.32. The summed E-state index contributed by atoms with van der Waals surface area (Å²) in [6.07, 6.45) is 4.68. The van der Waals surface area contributed by atoms with E-state index in [0.717, 1.165) is 59.4 Å². The van der Waals surface area contributed by atoms with Crippen LogP contribution in [0, 0.1) is 11.7 Å². The highest BCUT2D eigenvalue weighted by Crippen LogP contribution is 2.40. The van der Waals surface area contributed by atoms with Gasteiger partial charge >= 0.3 is 12.1 Å². The minimum atomic E-state index is -0.751. The van der Waals surface area contributed by atoms with E-state index in [2.05, 4.69) is 4.57 Å². The molecule has 0 unspecified atom stereocenters. The molecule has 1 aliphatic carbocycles. The number of aromatic nitrogens is 2.